The molecule has 0 saturated heterocycles. The van der Waals surface area contributed by atoms with E-state index in [4.69, 9.17) is 15.7 Å². The average molecular weight is 311 g/mol. The van der Waals surface area contributed by atoms with Crippen LogP contribution in [0.1, 0.15) is 44.7 Å². The fourth-order valence-corrected chi connectivity index (χ4v) is 1.98. The van der Waals surface area contributed by atoms with Crippen molar-refractivity contribution in [2.24, 2.45) is 0 Å². The number of quaternary nitrogens is 1. The predicted molar refractivity (Wildman–Crippen MR) is 63.0 cm³/mol. The monoisotopic (exact) mass is 311 g/mol. The molecule has 0 saturated carbocycles. The fourth-order valence-electron chi connectivity index (χ4n) is 1.98. The third kappa shape index (κ3) is 6.68. The molecule has 0 atom stereocenters. The summed E-state index contributed by atoms with van der Waals surface area (Å²) in [5.74, 6) is 0. The standard InChI is InChI=1S/C13H21N.Mn.4O/c1-4-11-9-7-8-10-12(11)13(14,5-2)6-3;;;;;/h7-10H,4-6,14H2,1-3H3;;;;;/q;;;;;-1/p+1. The maximum absolute atomic E-state index is 8.58. The van der Waals surface area contributed by atoms with Gasteiger partial charge >= 0.3 is 28.7 Å². The Labute approximate surface area is 116 Å². The summed E-state index contributed by atoms with van der Waals surface area (Å²) in [6, 6.07) is 8.70. The van der Waals surface area contributed by atoms with Crippen LogP contribution < -0.4 is 9.92 Å². The van der Waals surface area contributed by atoms with Crippen molar-refractivity contribution in [3.05, 3.63) is 35.4 Å². The zero-order valence-electron chi connectivity index (χ0n) is 11.6. The maximum atomic E-state index is 8.58. The van der Waals surface area contributed by atoms with Crippen LogP contribution in [-0.2, 0) is 36.4 Å². The molecular weight excluding hydrogens is 289 g/mol. The molecule has 1 aromatic carbocycles. The quantitative estimate of drug-likeness (QED) is 0.836. The van der Waals surface area contributed by atoms with Crippen LogP contribution in [0.2, 0.25) is 0 Å². The van der Waals surface area contributed by atoms with Gasteiger partial charge < -0.3 is 5.73 Å². The third-order valence-electron chi connectivity index (χ3n) is 3.32. The molecule has 0 unspecified atom stereocenters. The van der Waals surface area contributed by atoms with Crippen LogP contribution in [0.5, 0.6) is 0 Å². The molecule has 0 aliphatic rings. The summed E-state index contributed by atoms with van der Waals surface area (Å²) >= 11 is -5.62. The molecule has 19 heavy (non-hydrogen) atoms. The van der Waals surface area contributed by atoms with E-state index in [2.05, 4.69) is 50.8 Å². The van der Waals surface area contributed by atoms with Gasteiger partial charge in [-0.1, -0.05) is 45.0 Å². The summed E-state index contributed by atoms with van der Waals surface area (Å²) in [6.45, 7) is 6.66. The molecule has 3 N–H and O–H groups in total. The first-order valence-corrected chi connectivity index (χ1v) is 8.16. The van der Waals surface area contributed by atoms with E-state index in [0.29, 0.717) is 0 Å². The van der Waals surface area contributed by atoms with Crippen molar-refractivity contribution < 1.29 is 34.4 Å². The van der Waals surface area contributed by atoms with E-state index in [1.807, 2.05) is 0 Å². The molecule has 5 nitrogen and oxygen atoms in total. The van der Waals surface area contributed by atoms with E-state index < -0.39 is 13.0 Å². The van der Waals surface area contributed by atoms with Crippen LogP contribution in [0.4, 0.5) is 0 Å². The summed E-state index contributed by atoms with van der Waals surface area (Å²) in [4.78, 5) is 0. The second kappa shape index (κ2) is 7.60. The molecule has 0 amide bonds. The van der Waals surface area contributed by atoms with Crippen molar-refractivity contribution in [1.29, 1.82) is 0 Å². The normalized spacial score (nSPS) is 11.6. The Morgan fingerprint density at radius 1 is 1.11 bits per heavy atom. The second-order valence-electron chi connectivity index (χ2n) is 4.38. The summed E-state index contributed by atoms with van der Waals surface area (Å²) in [5.41, 5.74) is 7.39. The van der Waals surface area contributed by atoms with Gasteiger partial charge in [0.2, 0.25) is 0 Å². The molecule has 0 spiro atoms. The Morgan fingerprint density at radius 3 is 1.89 bits per heavy atom. The minimum absolute atomic E-state index is 0.118. The van der Waals surface area contributed by atoms with Gasteiger partial charge in [0.1, 0.15) is 5.54 Å². The van der Waals surface area contributed by atoms with E-state index in [-0.39, 0.29) is 5.54 Å². The number of aryl methyl sites for hydroxylation is 1. The molecule has 0 aromatic heterocycles. The first kappa shape index (κ1) is 18.1. The number of hydrogen-bond donors (Lipinski definition) is 1. The molecular formula is C13H22MnNO4. The van der Waals surface area contributed by atoms with Crippen LogP contribution in [0.15, 0.2) is 24.3 Å². The van der Waals surface area contributed by atoms with Crippen LogP contribution in [-0.4, -0.2) is 0 Å². The molecule has 0 fully saturated rings. The van der Waals surface area contributed by atoms with Crippen molar-refractivity contribution in [2.75, 3.05) is 0 Å². The summed E-state index contributed by atoms with van der Waals surface area (Å²) in [5, 5.41) is 0. The molecule has 0 heterocycles. The first-order valence-electron chi connectivity index (χ1n) is 6.23. The Balaban J connectivity index is 0.000000555. The zero-order valence-corrected chi connectivity index (χ0v) is 12.8. The van der Waals surface area contributed by atoms with E-state index >= 15 is 0 Å². The van der Waals surface area contributed by atoms with E-state index in [1.165, 1.54) is 11.1 Å². The van der Waals surface area contributed by atoms with Gasteiger partial charge in [0.25, 0.3) is 0 Å². The van der Waals surface area contributed by atoms with Crippen LogP contribution in [0, 0.1) is 0 Å². The molecule has 110 valence electrons. The topological polar surface area (TPSA) is 102 Å². The van der Waals surface area contributed by atoms with E-state index in [0.717, 1.165) is 19.3 Å². The Hall–Kier alpha value is -0.941. The Bertz CT molecular complexity index is 528. The predicted octanol–water partition coefficient (Wildman–Crippen LogP) is 0.958. The van der Waals surface area contributed by atoms with Crippen molar-refractivity contribution >= 4 is 0 Å². The summed E-state index contributed by atoms with van der Waals surface area (Å²) in [7, 11) is 0. The van der Waals surface area contributed by atoms with Gasteiger partial charge in [0, 0.05) is 18.4 Å². The fraction of sp³-hybridized carbons (Fsp3) is 0.538. The van der Waals surface area contributed by atoms with Crippen molar-refractivity contribution in [3.8, 4) is 0 Å². The van der Waals surface area contributed by atoms with Gasteiger partial charge in [0.15, 0.2) is 0 Å². The van der Waals surface area contributed by atoms with Crippen LogP contribution >= 0.6 is 0 Å². The Morgan fingerprint density at radius 2 is 1.53 bits per heavy atom. The summed E-state index contributed by atoms with van der Waals surface area (Å²) < 4.78 is 34.3. The van der Waals surface area contributed by atoms with E-state index in [9.17, 15) is 0 Å². The average Bonchev–Trinajstić information content (AvgIpc) is 2.36. The molecule has 1 aromatic rings. The van der Waals surface area contributed by atoms with Crippen molar-refractivity contribution in [3.63, 3.8) is 0 Å². The van der Waals surface area contributed by atoms with Crippen molar-refractivity contribution in [1.82, 2.24) is 0 Å². The molecule has 0 radical (unpaired) electrons. The van der Waals surface area contributed by atoms with Gasteiger partial charge in [-0.05, 0) is 12.0 Å². The number of hydrogen-bond acceptors (Lipinski definition) is 4. The van der Waals surface area contributed by atoms with E-state index in [1.54, 1.807) is 0 Å². The molecule has 1 rings (SSSR count). The van der Waals surface area contributed by atoms with Crippen molar-refractivity contribution in [2.45, 2.75) is 45.6 Å². The second-order valence-corrected chi connectivity index (χ2v) is 5.56. The molecule has 0 bridgehead atoms. The van der Waals surface area contributed by atoms with Crippen LogP contribution in [0.25, 0.3) is 0 Å². The first-order chi connectivity index (χ1) is 8.68. The van der Waals surface area contributed by atoms with Crippen LogP contribution in [0.3, 0.4) is 0 Å². The van der Waals surface area contributed by atoms with Gasteiger partial charge in [-0.3, -0.25) is 0 Å². The van der Waals surface area contributed by atoms with Gasteiger partial charge in [0.05, 0.1) is 0 Å². The van der Waals surface area contributed by atoms with Gasteiger partial charge in [-0.2, -0.15) is 0 Å². The third-order valence-corrected chi connectivity index (χ3v) is 3.32. The Kier molecular flexibility index (Phi) is 7.22. The zero-order chi connectivity index (χ0) is 15.1. The number of rotatable bonds is 4. The minimum atomic E-state index is -5.62. The molecule has 6 heteroatoms. The van der Waals surface area contributed by atoms with Gasteiger partial charge in [-0.25, -0.2) is 0 Å². The SMILES string of the molecule is CCc1ccccc1C([NH3+])(CC)CC.[O]=[Mn](=[O])(=[O])[O-]. The molecule has 0 aliphatic carbocycles. The number of benzene rings is 1. The summed E-state index contributed by atoms with van der Waals surface area (Å²) in [6.07, 6.45) is 3.33. The van der Waals surface area contributed by atoms with Gasteiger partial charge in [-0.15, -0.1) is 0 Å². The molecule has 0 aliphatic heterocycles.